The molecule has 0 bridgehead atoms. The number of hydrogen-bond acceptors (Lipinski definition) is 4. The van der Waals surface area contributed by atoms with Gasteiger partial charge in [0.05, 0.1) is 6.04 Å². The molecule has 0 amide bonds. The number of rotatable bonds is 3. The SMILES string of the molecule is Cc1cc(NC(C)c2cccc(N)c2)n2ncnc2c1. The van der Waals surface area contributed by atoms with Crippen LogP contribution < -0.4 is 11.1 Å². The number of nitrogen functional groups attached to an aromatic ring is 1. The molecule has 3 aromatic rings. The fraction of sp³-hybridized carbons (Fsp3) is 0.200. The molecule has 1 unspecified atom stereocenters. The monoisotopic (exact) mass is 267 g/mol. The molecule has 5 heteroatoms. The zero-order chi connectivity index (χ0) is 14.1. The first kappa shape index (κ1) is 12.5. The van der Waals surface area contributed by atoms with Crippen molar-refractivity contribution < 1.29 is 0 Å². The third kappa shape index (κ3) is 2.30. The van der Waals surface area contributed by atoms with Crippen LogP contribution in [0.5, 0.6) is 0 Å². The smallest absolute Gasteiger partial charge is 0.157 e. The Bertz CT molecular complexity index is 747. The minimum absolute atomic E-state index is 0.132. The second-order valence-electron chi connectivity index (χ2n) is 4.98. The number of nitrogens with zero attached hydrogens (tertiary/aromatic N) is 3. The minimum Gasteiger partial charge on any atom is -0.399 e. The lowest BCUT2D eigenvalue weighted by atomic mass is 10.1. The van der Waals surface area contributed by atoms with Crippen LogP contribution >= 0.6 is 0 Å². The van der Waals surface area contributed by atoms with Gasteiger partial charge in [-0.25, -0.2) is 4.98 Å². The molecule has 2 heterocycles. The lowest BCUT2D eigenvalue weighted by molar-refractivity contribution is 0.845. The fourth-order valence-electron chi connectivity index (χ4n) is 2.29. The van der Waals surface area contributed by atoms with E-state index in [1.165, 1.54) is 0 Å². The van der Waals surface area contributed by atoms with Crippen LogP contribution in [-0.4, -0.2) is 14.6 Å². The van der Waals surface area contributed by atoms with Gasteiger partial charge in [-0.3, -0.25) is 0 Å². The van der Waals surface area contributed by atoms with Gasteiger partial charge in [-0.2, -0.15) is 9.61 Å². The van der Waals surface area contributed by atoms with E-state index in [1.54, 1.807) is 10.8 Å². The number of pyridine rings is 1. The summed E-state index contributed by atoms with van der Waals surface area (Å²) in [7, 11) is 0. The first-order valence-corrected chi connectivity index (χ1v) is 6.56. The fourth-order valence-corrected chi connectivity index (χ4v) is 2.29. The molecule has 0 saturated carbocycles. The lowest BCUT2D eigenvalue weighted by Gasteiger charge is -2.17. The van der Waals surface area contributed by atoms with Gasteiger partial charge in [0.2, 0.25) is 0 Å². The Morgan fingerprint density at radius 2 is 2.10 bits per heavy atom. The van der Waals surface area contributed by atoms with Crippen molar-refractivity contribution >= 4 is 17.2 Å². The Morgan fingerprint density at radius 3 is 2.90 bits per heavy atom. The van der Waals surface area contributed by atoms with E-state index in [0.29, 0.717) is 0 Å². The quantitative estimate of drug-likeness (QED) is 0.716. The van der Waals surface area contributed by atoms with Crippen molar-refractivity contribution in [2.24, 2.45) is 0 Å². The van der Waals surface area contributed by atoms with Crippen LogP contribution in [0.25, 0.3) is 5.65 Å². The Labute approximate surface area is 117 Å². The molecule has 0 aliphatic rings. The standard InChI is InChI=1S/C15H17N5/c1-10-6-14-17-9-18-20(14)15(7-10)19-11(2)12-4-3-5-13(16)8-12/h3-9,11,19H,16H2,1-2H3. The molecule has 0 aliphatic carbocycles. The summed E-state index contributed by atoms with van der Waals surface area (Å²) in [5, 5.41) is 7.70. The molecule has 3 N–H and O–H groups in total. The summed E-state index contributed by atoms with van der Waals surface area (Å²) in [4.78, 5) is 4.23. The summed E-state index contributed by atoms with van der Waals surface area (Å²) in [5.41, 5.74) is 9.73. The summed E-state index contributed by atoms with van der Waals surface area (Å²) < 4.78 is 1.80. The van der Waals surface area contributed by atoms with Gasteiger partial charge < -0.3 is 11.1 Å². The van der Waals surface area contributed by atoms with Crippen molar-refractivity contribution in [1.29, 1.82) is 0 Å². The number of fused-ring (bicyclic) bond motifs is 1. The predicted octanol–water partition coefficient (Wildman–Crippen LogP) is 2.79. The number of nitrogens with one attached hydrogen (secondary N) is 1. The third-order valence-electron chi connectivity index (χ3n) is 3.30. The first-order chi connectivity index (χ1) is 9.63. The average Bonchev–Trinajstić information content (AvgIpc) is 2.86. The maximum Gasteiger partial charge on any atom is 0.157 e. The lowest BCUT2D eigenvalue weighted by Crippen LogP contribution is -2.11. The highest BCUT2D eigenvalue weighted by molar-refractivity contribution is 5.53. The van der Waals surface area contributed by atoms with Crippen molar-refractivity contribution in [1.82, 2.24) is 14.6 Å². The highest BCUT2D eigenvalue weighted by Crippen LogP contribution is 2.22. The molecular formula is C15H17N5. The molecular weight excluding hydrogens is 250 g/mol. The van der Waals surface area contributed by atoms with E-state index in [4.69, 9.17) is 5.73 Å². The van der Waals surface area contributed by atoms with Crippen LogP contribution in [0.4, 0.5) is 11.5 Å². The third-order valence-corrected chi connectivity index (χ3v) is 3.30. The molecule has 102 valence electrons. The van der Waals surface area contributed by atoms with Crippen LogP contribution in [0.2, 0.25) is 0 Å². The van der Waals surface area contributed by atoms with Gasteiger partial charge in [0.1, 0.15) is 12.1 Å². The molecule has 1 atom stereocenters. The van der Waals surface area contributed by atoms with Crippen molar-refractivity contribution in [2.75, 3.05) is 11.1 Å². The van der Waals surface area contributed by atoms with E-state index in [0.717, 1.165) is 28.3 Å². The average molecular weight is 267 g/mol. The van der Waals surface area contributed by atoms with Gasteiger partial charge >= 0.3 is 0 Å². The Morgan fingerprint density at radius 1 is 1.25 bits per heavy atom. The summed E-state index contributed by atoms with van der Waals surface area (Å²) in [6.45, 7) is 4.14. The second-order valence-corrected chi connectivity index (χ2v) is 4.98. The Kier molecular flexibility index (Phi) is 3.02. The number of aromatic nitrogens is 3. The van der Waals surface area contributed by atoms with Crippen molar-refractivity contribution in [2.45, 2.75) is 19.9 Å². The van der Waals surface area contributed by atoms with Crippen LogP contribution in [0.3, 0.4) is 0 Å². The van der Waals surface area contributed by atoms with Gasteiger partial charge in [-0.15, -0.1) is 0 Å². The zero-order valence-electron chi connectivity index (χ0n) is 11.5. The summed E-state index contributed by atoms with van der Waals surface area (Å²) in [5.74, 6) is 0.924. The van der Waals surface area contributed by atoms with E-state index in [9.17, 15) is 0 Å². The molecule has 20 heavy (non-hydrogen) atoms. The van der Waals surface area contributed by atoms with E-state index in [1.807, 2.05) is 31.2 Å². The molecule has 1 aromatic carbocycles. The number of anilines is 2. The van der Waals surface area contributed by atoms with Crippen LogP contribution in [0.15, 0.2) is 42.7 Å². The van der Waals surface area contributed by atoms with Gasteiger partial charge in [-0.1, -0.05) is 12.1 Å². The zero-order valence-corrected chi connectivity index (χ0v) is 11.5. The Balaban J connectivity index is 1.94. The van der Waals surface area contributed by atoms with E-state index in [-0.39, 0.29) is 6.04 Å². The van der Waals surface area contributed by atoms with Gasteiger partial charge in [-0.05, 0) is 49.2 Å². The van der Waals surface area contributed by atoms with Gasteiger partial charge in [0.25, 0.3) is 0 Å². The molecule has 0 fully saturated rings. The van der Waals surface area contributed by atoms with Gasteiger partial charge in [0, 0.05) is 5.69 Å². The summed E-state index contributed by atoms with van der Waals surface area (Å²) >= 11 is 0. The molecule has 2 aromatic heterocycles. The molecule has 3 rings (SSSR count). The predicted molar refractivity (Wildman–Crippen MR) is 80.6 cm³/mol. The number of benzene rings is 1. The largest absolute Gasteiger partial charge is 0.399 e. The normalized spacial score (nSPS) is 12.5. The molecule has 0 saturated heterocycles. The second kappa shape index (κ2) is 4.85. The van der Waals surface area contributed by atoms with E-state index < -0.39 is 0 Å². The van der Waals surface area contributed by atoms with E-state index >= 15 is 0 Å². The molecule has 0 spiro atoms. The molecule has 0 aliphatic heterocycles. The van der Waals surface area contributed by atoms with Gasteiger partial charge in [0.15, 0.2) is 5.65 Å². The Hall–Kier alpha value is -2.56. The topological polar surface area (TPSA) is 68.2 Å². The minimum atomic E-state index is 0.132. The maximum absolute atomic E-state index is 5.83. The van der Waals surface area contributed by atoms with Crippen molar-refractivity contribution in [3.05, 3.63) is 53.9 Å². The number of hydrogen-bond donors (Lipinski definition) is 2. The summed E-state index contributed by atoms with van der Waals surface area (Å²) in [6.07, 6.45) is 1.56. The summed E-state index contributed by atoms with van der Waals surface area (Å²) in [6, 6.07) is 12.1. The molecule has 0 radical (unpaired) electrons. The van der Waals surface area contributed by atoms with Crippen molar-refractivity contribution in [3.63, 3.8) is 0 Å². The highest BCUT2D eigenvalue weighted by Gasteiger charge is 2.09. The van der Waals surface area contributed by atoms with Crippen LogP contribution in [0, 0.1) is 6.92 Å². The van der Waals surface area contributed by atoms with Crippen molar-refractivity contribution in [3.8, 4) is 0 Å². The number of aryl methyl sites for hydroxylation is 1. The number of nitrogens with two attached hydrogens (primary N) is 1. The van der Waals surface area contributed by atoms with Crippen LogP contribution in [0.1, 0.15) is 24.1 Å². The highest BCUT2D eigenvalue weighted by atomic mass is 15.3. The maximum atomic E-state index is 5.83. The van der Waals surface area contributed by atoms with Crippen LogP contribution in [-0.2, 0) is 0 Å². The van der Waals surface area contributed by atoms with E-state index in [2.05, 4.69) is 34.5 Å². The molecule has 5 nitrogen and oxygen atoms in total. The first-order valence-electron chi connectivity index (χ1n) is 6.56.